The zero-order valence-corrected chi connectivity index (χ0v) is 14.6. The van der Waals surface area contributed by atoms with Gasteiger partial charge in [0.2, 0.25) is 0 Å². The number of aryl methyl sites for hydroxylation is 1. The molecule has 1 aliphatic rings. The van der Waals surface area contributed by atoms with Crippen LogP contribution < -0.4 is 0 Å². The van der Waals surface area contributed by atoms with E-state index in [4.69, 9.17) is 4.74 Å². The monoisotopic (exact) mass is 358 g/mol. The molecule has 0 bridgehead atoms. The van der Waals surface area contributed by atoms with E-state index in [-0.39, 0.29) is 11.6 Å². The molecule has 6 nitrogen and oxygen atoms in total. The Morgan fingerprint density at radius 2 is 1.84 bits per heavy atom. The van der Waals surface area contributed by atoms with Gasteiger partial charge in [-0.15, -0.1) is 0 Å². The van der Waals surface area contributed by atoms with Gasteiger partial charge in [-0.25, -0.2) is 0 Å². The smallest absolute Gasteiger partial charge is 0.284 e. The Labute approximate surface area is 149 Å². The Bertz CT molecular complexity index is 786. The Morgan fingerprint density at radius 3 is 2.48 bits per heavy atom. The molecule has 0 aromatic heterocycles. The van der Waals surface area contributed by atoms with Gasteiger partial charge >= 0.3 is 0 Å². The highest BCUT2D eigenvalue weighted by atomic mass is 32.2. The van der Waals surface area contributed by atoms with Crippen molar-refractivity contribution in [3.05, 3.63) is 63.7 Å². The summed E-state index contributed by atoms with van der Waals surface area (Å²) in [6.07, 6.45) is 0. The van der Waals surface area contributed by atoms with Gasteiger partial charge in [0.05, 0.1) is 23.0 Å². The van der Waals surface area contributed by atoms with Crippen LogP contribution >= 0.6 is 11.8 Å². The van der Waals surface area contributed by atoms with Crippen LogP contribution in [-0.4, -0.2) is 42.0 Å². The van der Waals surface area contributed by atoms with Crippen molar-refractivity contribution in [3.63, 3.8) is 0 Å². The Kier molecular flexibility index (Phi) is 5.35. The van der Waals surface area contributed by atoms with Crippen molar-refractivity contribution in [1.29, 1.82) is 0 Å². The second kappa shape index (κ2) is 7.67. The fourth-order valence-electron chi connectivity index (χ4n) is 2.56. The molecule has 1 fully saturated rings. The van der Waals surface area contributed by atoms with Gasteiger partial charge in [-0.3, -0.25) is 14.9 Å². The van der Waals surface area contributed by atoms with Crippen LogP contribution in [0.4, 0.5) is 5.69 Å². The van der Waals surface area contributed by atoms with Gasteiger partial charge in [-0.2, -0.15) is 0 Å². The van der Waals surface area contributed by atoms with E-state index in [1.165, 1.54) is 17.8 Å². The third kappa shape index (κ3) is 4.18. The summed E-state index contributed by atoms with van der Waals surface area (Å²) in [7, 11) is 0. The molecule has 0 atom stereocenters. The van der Waals surface area contributed by atoms with E-state index in [9.17, 15) is 14.9 Å². The van der Waals surface area contributed by atoms with Crippen LogP contribution in [0.15, 0.2) is 52.3 Å². The minimum atomic E-state index is -0.438. The summed E-state index contributed by atoms with van der Waals surface area (Å²) in [6, 6.07) is 12.5. The third-order valence-corrected chi connectivity index (χ3v) is 5.02. The van der Waals surface area contributed by atoms with Crippen LogP contribution in [0.25, 0.3) is 0 Å². The molecular formula is C18H18N2O4S. The lowest BCUT2D eigenvalue weighted by Crippen LogP contribution is -2.40. The van der Waals surface area contributed by atoms with Crippen molar-refractivity contribution in [2.24, 2.45) is 0 Å². The van der Waals surface area contributed by atoms with Crippen LogP contribution in [0.5, 0.6) is 0 Å². The summed E-state index contributed by atoms with van der Waals surface area (Å²) < 4.78 is 5.24. The van der Waals surface area contributed by atoms with Gasteiger partial charge in [-0.05, 0) is 31.2 Å². The summed E-state index contributed by atoms with van der Waals surface area (Å²) in [4.78, 5) is 26.6. The molecule has 2 aromatic rings. The number of hydrogen-bond donors (Lipinski definition) is 0. The topological polar surface area (TPSA) is 72.7 Å². The first-order chi connectivity index (χ1) is 12.0. The zero-order valence-electron chi connectivity index (χ0n) is 13.8. The molecule has 2 aromatic carbocycles. The molecule has 25 heavy (non-hydrogen) atoms. The quantitative estimate of drug-likeness (QED) is 0.617. The van der Waals surface area contributed by atoms with Gasteiger partial charge in [0.15, 0.2) is 0 Å². The van der Waals surface area contributed by atoms with Crippen molar-refractivity contribution in [2.75, 3.05) is 26.3 Å². The Balaban J connectivity index is 1.86. The number of hydrogen-bond acceptors (Lipinski definition) is 5. The number of carbonyl (C=O) groups excluding carboxylic acids is 1. The molecule has 0 radical (unpaired) electrons. The van der Waals surface area contributed by atoms with E-state index >= 15 is 0 Å². The molecule has 0 N–H and O–H groups in total. The minimum absolute atomic E-state index is 0.0512. The molecule has 0 aliphatic carbocycles. The van der Waals surface area contributed by atoms with Crippen molar-refractivity contribution >= 4 is 23.4 Å². The first kappa shape index (κ1) is 17.4. The predicted molar refractivity (Wildman–Crippen MR) is 95.1 cm³/mol. The van der Waals surface area contributed by atoms with Gasteiger partial charge < -0.3 is 9.64 Å². The summed E-state index contributed by atoms with van der Waals surface area (Å²) >= 11 is 1.32. The number of ether oxygens (including phenoxy) is 1. The normalized spacial score (nSPS) is 14.4. The van der Waals surface area contributed by atoms with E-state index in [1.54, 1.807) is 17.0 Å². The number of amides is 1. The molecule has 1 aliphatic heterocycles. The Morgan fingerprint density at radius 1 is 1.16 bits per heavy atom. The number of benzene rings is 2. The minimum Gasteiger partial charge on any atom is -0.378 e. The highest BCUT2D eigenvalue weighted by Crippen LogP contribution is 2.35. The summed E-state index contributed by atoms with van der Waals surface area (Å²) in [6.45, 7) is 3.99. The summed E-state index contributed by atoms with van der Waals surface area (Å²) in [5, 5.41) is 11.5. The molecule has 3 rings (SSSR count). The molecule has 1 saturated heterocycles. The first-order valence-electron chi connectivity index (χ1n) is 7.94. The predicted octanol–water partition coefficient (Wildman–Crippen LogP) is 3.53. The average molecular weight is 358 g/mol. The number of nitrogens with zero attached hydrogens (tertiary/aromatic N) is 2. The van der Waals surface area contributed by atoms with Crippen LogP contribution in [0, 0.1) is 17.0 Å². The van der Waals surface area contributed by atoms with Crippen LogP contribution in [0.1, 0.15) is 15.9 Å². The lowest BCUT2D eigenvalue weighted by Gasteiger charge is -2.26. The number of nitro benzene ring substituents is 1. The summed E-state index contributed by atoms with van der Waals surface area (Å²) in [5.41, 5.74) is 1.41. The van der Waals surface area contributed by atoms with Crippen molar-refractivity contribution in [3.8, 4) is 0 Å². The molecule has 0 unspecified atom stereocenters. The lowest BCUT2D eigenvalue weighted by molar-refractivity contribution is -0.387. The maximum Gasteiger partial charge on any atom is 0.284 e. The van der Waals surface area contributed by atoms with Gasteiger partial charge in [0.1, 0.15) is 0 Å². The zero-order chi connectivity index (χ0) is 17.8. The molecule has 1 heterocycles. The van der Waals surface area contributed by atoms with E-state index in [0.29, 0.717) is 36.8 Å². The van der Waals surface area contributed by atoms with Crippen LogP contribution in [-0.2, 0) is 4.74 Å². The van der Waals surface area contributed by atoms with Gasteiger partial charge in [-0.1, -0.05) is 29.5 Å². The highest BCUT2D eigenvalue weighted by molar-refractivity contribution is 7.99. The maximum atomic E-state index is 12.5. The van der Waals surface area contributed by atoms with Crippen LogP contribution in [0.2, 0.25) is 0 Å². The largest absolute Gasteiger partial charge is 0.378 e. The molecular weight excluding hydrogens is 340 g/mol. The van der Waals surface area contributed by atoms with Crippen molar-refractivity contribution in [1.82, 2.24) is 4.90 Å². The number of carbonyl (C=O) groups is 1. The SMILES string of the molecule is Cc1ccc(Sc2ccc(C(=O)N3CCOCC3)cc2[N+](=O)[O-])cc1. The molecule has 0 spiro atoms. The molecule has 130 valence electrons. The Hall–Kier alpha value is -2.38. The number of nitro groups is 1. The van der Waals surface area contributed by atoms with Crippen LogP contribution in [0.3, 0.4) is 0 Å². The van der Waals surface area contributed by atoms with Gasteiger partial charge in [0, 0.05) is 29.6 Å². The lowest BCUT2D eigenvalue weighted by atomic mass is 10.1. The number of morpholine rings is 1. The average Bonchev–Trinajstić information content (AvgIpc) is 2.64. The first-order valence-corrected chi connectivity index (χ1v) is 8.76. The number of rotatable bonds is 4. The second-order valence-electron chi connectivity index (χ2n) is 5.76. The molecule has 7 heteroatoms. The standard InChI is InChI=1S/C18H18N2O4S/c1-13-2-5-15(6-3-13)25-17-7-4-14(12-16(17)20(22)23)18(21)19-8-10-24-11-9-19/h2-7,12H,8-11H2,1H3. The van der Waals surface area contributed by atoms with E-state index in [0.717, 1.165) is 10.5 Å². The second-order valence-corrected chi connectivity index (χ2v) is 6.87. The summed E-state index contributed by atoms with van der Waals surface area (Å²) in [5.74, 6) is -0.196. The van der Waals surface area contributed by atoms with Gasteiger partial charge in [0.25, 0.3) is 11.6 Å². The van der Waals surface area contributed by atoms with E-state index in [2.05, 4.69) is 0 Å². The highest BCUT2D eigenvalue weighted by Gasteiger charge is 2.23. The van der Waals surface area contributed by atoms with Crippen molar-refractivity contribution < 1.29 is 14.5 Å². The van der Waals surface area contributed by atoms with Crippen molar-refractivity contribution in [2.45, 2.75) is 16.7 Å². The fourth-order valence-corrected chi connectivity index (χ4v) is 3.46. The molecule has 0 saturated carbocycles. The van der Waals surface area contributed by atoms with E-state index < -0.39 is 4.92 Å². The molecule has 1 amide bonds. The maximum absolute atomic E-state index is 12.5. The third-order valence-electron chi connectivity index (χ3n) is 3.95. The van der Waals surface area contributed by atoms with E-state index in [1.807, 2.05) is 31.2 Å². The fraction of sp³-hybridized carbons (Fsp3) is 0.278.